The van der Waals surface area contributed by atoms with E-state index in [9.17, 15) is 0 Å². The van der Waals surface area contributed by atoms with Crippen LogP contribution < -0.4 is 0 Å². The molecule has 14 heavy (non-hydrogen) atoms. The number of rotatable bonds is 0. The average Bonchev–Trinajstić information content (AvgIpc) is 2.07. The van der Waals surface area contributed by atoms with Crippen molar-refractivity contribution in [2.24, 2.45) is 0 Å². The summed E-state index contributed by atoms with van der Waals surface area (Å²) < 4.78 is 0. The van der Waals surface area contributed by atoms with Crippen LogP contribution in [0, 0.1) is 51.9 Å². The second-order valence-electron chi connectivity index (χ2n) is 3.12. The summed E-state index contributed by atoms with van der Waals surface area (Å²) >= 11 is 0. The van der Waals surface area contributed by atoms with Crippen molar-refractivity contribution in [3.8, 4) is 0 Å². The van der Waals surface area contributed by atoms with Gasteiger partial charge in [0.1, 0.15) is 0 Å². The molecule has 1 heteroatoms. The van der Waals surface area contributed by atoms with E-state index >= 15 is 0 Å². The van der Waals surface area contributed by atoms with Crippen molar-refractivity contribution >= 4 is 0 Å². The van der Waals surface area contributed by atoms with Gasteiger partial charge in [-0.2, -0.15) is 0 Å². The first-order valence-corrected chi connectivity index (χ1v) is 3.75. The molecule has 0 nitrogen and oxygen atoms in total. The van der Waals surface area contributed by atoms with E-state index in [0.717, 1.165) is 0 Å². The van der Waals surface area contributed by atoms with E-state index in [2.05, 4.69) is 34.6 Å². The minimum atomic E-state index is 0. The molecule has 5 radical (unpaired) electrons. The first kappa shape index (κ1) is 24.1. The smallest absolute Gasteiger partial charge is 0.358 e. The number of hydrogen-bond donors (Lipinski definition) is 0. The number of hydrogen-bond acceptors (Lipinski definition) is 0. The Morgan fingerprint density at radius 2 is 0.500 bits per heavy atom. The second-order valence-corrected chi connectivity index (χ2v) is 3.12. The van der Waals surface area contributed by atoms with E-state index < -0.39 is 0 Å². The van der Waals surface area contributed by atoms with Crippen LogP contribution in [0.2, 0.25) is 0 Å². The molecule has 1 fully saturated rings. The summed E-state index contributed by atoms with van der Waals surface area (Å²) in [6, 6.07) is 0. The standard InChI is InChI=1S/C10H15.3CH3.Ti/c1-6-7(2)9(4)10(5)8(6)3;;;;/h1-5H3;3*1H3;/q;3*-1;+4. The van der Waals surface area contributed by atoms with E-state index in [4.69, 9.17) is 0 Å². The SMILES string of the molecule is C[C]1[C](C)[C](C)[C](C)[C]1C.[CH3-].[CH3-].[CH3-].[Ti+4]. The second kappa shape index (κ2) is 8.98. The maximum Gasteiger partial charge on any atom is 4.00 e. The summed E-state index contributed by atoms with van der Waals surface area (Å²) in [5, 5.41) is 0. The van der Waals surface area contributed by atoms with E-state index in [0.29, 0.717) is 0 Å². The Labute approximate surface area is 108 Å². The summed E-state index contributed by atoms with van der Waals surface area (Å²) in [6.45, 7) is 11.0. The molecular weight excluding hydrogens is 204 g/mol. The molecule has 0 spiro atoms. The molecule has 0 unspecified atom stereocenters. The van der Waals surface area contributed by atoms with Gasteiger partial charge >= 0.3 is 21.7 Å². The van der Waals surface area contributed by atoms with Crippen LogP contribution in [0.25, 0.3) is 0 Å². The van der Waals surface area contributed by atoms with Gasteiger partial charge in [-0.25, -0.2) is 0 Å². The Hall–Kier alpha value is 0.714. The zero-order valence-corrected chi connectivity index (χ0v) is 12.6. The molecule has 0 heterocycles. The summed E-state index contributed by atoms with van der Waals surface area (Å²) in [4.78, 5) is 0. The summed E-state index contributed by atoms with van der Waals surface area (Å²) in [5.41, 5.74) is 0. The van der Waals surface area contributed by atoms with Gasteiger partial charge in [-0.3, -0.25) is 0 Å². The molecule has 0 aromatic heterocycles. The summed E-state index contributed by atoms with van der Waals surface area (Å²) in [5.74, 6) is 7.34. The van der Waals surface area contributed by atoms with E-state index in [1.165, 1.54) is 29.6 Å². The van der Waals surface area contributed by atoms with Crippen molar-refractivity contribution in [3.63, 3.8) is 0 Å². The van der Waals surface area contributed by atoms with Gasteiger partial charge in [0.15, 0.2) is 0 Å². The molecule has 1 rings (SSSR count). The Balaban J connectivity index is -0.000000125. The molecule has 0 saturated heterocycles. The van der Waals surface area contributed by atoms with Crippen LogP contribution in [0.15, 0.2) is 0 Å². The van der Waals surface area contributed by atoms with Crippen LogP contribution in [-0.4, -0.2) is 0 Å². The predicted molar refractivity (Wildman–Crippen MR) is 63.8 cm³/mol. The molecule has 0 atom stereocenters. The molecular formula is C13H24Ti+. The molecule has 0 N–H and O–H groups in total. The zero-order chi connectivity index (χ0) is 7.89. The largest absolute Gasteiger partial charge is 4.00 e. The van der Waals surface area contributed by atoms with Gasteiger partial charge in [0.2, 0.25) is 0 Å². The van der Waals surface area contributed by atoms with Crippen molar-refractivity contribution < 1.29 is 21.7 Å². The Morgan fingerprint density at radius 1 is 0.429 bits per heavy atom. The molecule has 0 amide bonds. The maximum atomic E-state index is 2.20. The molecule has 1 aliphatic carbocycles. The molecule has 0 aromatic carbocycles. The van der Waals surface area contributed by atoms with Gasteiger partial charge in [-0.1, -0.05) is 34.6 Å². The monoisotopic (exact) mass is 228 g/mol. The van der Waals surface area contributed by atoms with Gasteiger partial charge in [0, 0.05) is 0 Å². The van der Waals surface area contributed by atoms with Crippen molar-refractivity contribution in [1.82, 2.24) is 0 Å². The van der Waals surface area contributed by atoms with Gasteiger partial charge in [0.05, 0.1) is 0 Å². The average molecular weight is 228 g/mol. The topological polar surface area (TPSA) is 0 Å². The Kier molecular flexibility index (Phi) is 15.5. The third-order valence-electron chi connectivity index (χ3n) is 2.81. The van der Waals surface area contributed by atoms with E-state index in [1.54, 1.807) is 0 Å². The van der Waals surface area contributed by atoms with Crippen LogP contribution in [0.3, 0.4) is 0 Å². The first-order chi connectivity index (χ1) is 4.55. The van der Waals surface area contributed by atoms with Gasteiger partial charge in [0.25, 0.3) is 0 Å². The fourth-order valence-electron chi connectivity index (χ4n) is 1.41. The minimum absolute atomic E-state index is 0. The third-order valence-corrected chi connectivity index (χ3v) is 2.81. The van der Waals surface area contributed by atoms with Gasteiger partial charge in [-0.05, 0) is 29.6 Å². The van der Waals surface area contributed by atoms with Crippen molar-refractivity contribution in [2.75, 3.05) is 0 Å². The van der Waals surface area contributed by atoms with Gasteiger partial charge < -0.3 is 22.3 Å². The third kappa shape index (κ3) is 4.07. The molecule has 1 aliphatic rings. The predicted octanol–water partition coefficient (Wildman–Crippen LogP) is 4.32. The van der Waals surface area contributed by atoms with E-state index in [-0.39, 0.29) is 44.0 Å². The normalized spacial score (nSPS) is 20.4. The molecule has 1 saturated carbocycles. The van der Waals surface area contributed by atoms with Crippen molar-refractivity contribution in [1.29, 1.82) is 0 Å². The Bertz CT molecular complexity index is 77.6. The Morgan fingerprint density at radius 3 is 0.571 bits per heavy atom. The van der Waals surface area contributed by atoms with E-state index in [1.807, 2.05) is 0 Å². The zero-order valence-electron chi connectivity index (χ0n) is 11.0. The molecule has 0 aliphatic heterocycles. The maximum absolute atomic E-state index is 2.20. The van der Waals surface area contributed by atoms with Crippen LogP contribution in [0.1, 0.15) is 34.6 Å². The fraction of sp³-hybridized carbons (Fsp3) is 0.385. The quantitative estimate of drug-likeness (QED) is 0.428. The van der Waals surface area contributed by atoms with Crippen molar-refractivity contribution in [2.45, 2.75) is 34.6 Å². The van der Waals surface area contributed by atoms with Crippen LogP contribution >= 0.6 is 0 Å². The summed E-state index contributed by atoms with van der Waals surface area (Å²) in [6.07, 6.45) is 0. The van der Waals surface area contributed by atoms with Crippen molar-refractivity contribution in [3.05, 3.63) is 51.9 Å². The molecule has 0 bridgehead atoms. The minimum Gasteiger partial charge on any atom is -0.358 e. The summed E-state index contributed by atoms with van der Waals surface area (Å²) in [7, 11) is 0. The fourth-order valence-corrected chi connectivity index (χ4v) is 1.41. The van der Waals surface area contributed by atoms with Crippen LogP contribution in [0.5, 0.6) is 0 Å². The van der Waals surface area contributed by atoms with Crippen LogP contribution in [-0.2, 0) is 21.7 Å². The van der Waals surface area contributed by atoms with Gasteiger partial charge in [-0.15, -0.1) is 0 Å². The molecule has 79 valence electrons. The first-order valence-electron chi connectivity index (χ1n) is 3.75. The molecule has 0 aromatic rings. The van der Waals surface area contributed by atoms with Crippen LogP contribution in [0.4, 0.5) is 0 Å².